The lowest BCUT2D eigenvalue weighted by molar-refractivity contribution is -0.145. The Labute approximate surface area is 172 Å². The molecule has 0 bridgehead atoms. The molecule has 0 aliphatic carbocycles. The van der Waals surface area contributed by atoms with E-state index in [2.05, 4.69) is 5.32 Å². The third-order valence-corrected chi connectivity index (χ3v) is 5.47. The minimum absolute atomic E-state index is 0.0666. The van der Waals surface area contributed by atoms with E-state index in [-0.39, 0.29) is 11.7 Å². The first-order valence-corrected chi connectivity index (χ1v) is 10.0. The number of nitrogens with one attached hydrogen (secondary N) is 1. The van der Waals surface area contributed by atoms with Crippen molar-refractivity contribution in [3.63, 3.8) is 0 Å². The van der Waals surface area contributed by atoms with Gasteiger partial charge >= 0.3 is 5.97 Å². The topological polar surface area (TPSA) is 92.8 Å². The van der Waals surface area contributed by atoms with Gasteiger partial charge in [0.25, 0.3) is 11.8 Å². The number of hydrogen-bond acceptors (Lipinski definition) is 6. The highest BCUT2D eigenvalue weighted by Crippen LogP contribution is 2.22. The summed E-state index contributed by atoms with van der Waals surface area (Å²) in [5.41, 5.74) is 2.36. The number of carbonyl (C=O) groups excluding carboxylic acids is 4. The van der Waals surface area contributed by atoms with E-state index in [9.17, 15) is 19.2 Å². The number of benzene rings is 2. The molecule has 0 radical (unpaired) electrons. The summed E-state index contributed by atoms with van der Waals surface area (Å²) in [7, 11) is 0. The van der Waals surface area contributed by atoms with Crippen LogP contribution in [-0.2, 0) is 14.3 Å². The number of aryl methyl sites for hydroxylation is 1. The summed E-state index contributed by atoms with van der Waals surface area (Å²) in [6.45, 7) is 3.11. The third-order valence-electron chi connectivity index (χ3n) is 4.35. The molecule has 0 fully saturated rings. The van der Waals surface area contributed by atoms with Crippen LogP contribution in [0.1, 0.15) is 33.2 Å². The van der Waals surface area contributed by atoms with Crippen molar-refractivity contribution in [3.05, 3.63) is 65.2 Å². The molecule has 2 aromatic rings. The van der Waals surface area contributed by atoms with Crippen LogP contribution >= 0.6 is 11.8 Å². The number of ether oxygens (including phenoxy) is 1. The molecule has 0 saturated heterocycles. The molecule has 1 heterocycles. The molecule has 2 aromatic carbocycles. The lowest BCUT2D eigenvalue weighted by Gasteiger charge is -2.16. The number of amides is 3. The third kappa shape index (κ3) is 4.83. The molecule has 1 atom stereocenters. The molecular formula is C21H20N2O5S. The summed E-state index contributed by atoms with van der Waals surface area (Å²) >= 11 is 1.11. The van der Waals surface area contributed by atoms with Crippen LogP contribution < -0.4 is 5.32 Å². The van der Waals surface area contributed by atoms with Gasteiger partial charge in [0.1, 0.15) is 5.25 Å². The number of hydrogen-bond donors (Lipinski definition) is 1. The first-order valence-electron chi connectivity index (χ1n) is 8.97. The maximum absolute atomic E-state index is 12.3. The maximum atomic E-state index is 12.3. The van der Waals surface area contributed by atoms with Crippen LogP contribution in [0.4, 0.5) is 5.69 Å². The van der Waals surface area contributed by atoms with Gasteiger partial charge in [-0.25, -0.2) is 4.90 Å². The first kappa shape index (κ1) is 20.6. The highest BCUT2D eigenvalue weighted by molar-refractivity contribution is 8.01. The van der Waals surface area contributed by atoms with Crippen LogP contribution in [0.2, 0.25) is 0 Å². The van der Waals surface area contributed by atoms with E-state index in [1.54, 1.807) is 43.3 Å². The summed E-state index contributed by atoms with van der Waals surface area (Å²) in [5.74, 6) is -1.75. The summed E-state index contributed by atoms with van der Waals surface area (Å²) in [6, 6.07) is 13.8. The van der Waals surface area contributed by atoms with Crippen LogP contribution in [0.3, 0.4) is 0 Å². The molecular weight excluding hydrogens is 392 g/mol. The van der Waals surface area contributed by atoms with Gasteiger partial charge in [-0.1, -0.05) is 29.8 Å². The molecule has 0 saturated carbocycles. The van der Waals surface area contributed by atoms with E-state index < -0.39 is 29.8 Å². The van der Waals surface area contributed by atoms with Gasteiger partial charge in [0, 0.05) is 5.69 Å². The number of anilines is 1. The lowest BCUT2D eigenvalue weighted by atomic mass is 10.1. The number of rotatable bonds is 7. The number of fused-ring (bicyclic) bond motifs is 1. The Kier molecular flexibility index (Phi) is 6.33. The Balaban J connectivity index is 1.45. The highest BCUT2D eigenvalue weighted by Gasteiger charge is 2.36. The van der Waals surface area contributed by atoms with Gasteiger partial charge in [-0.2, -0.15) is 0 Å². The maximum Gasteiger partial charge on any atom is 0.320 e. The van der Waals surface area contributed by atoms with Crippen LogP contribution in [0.5, 0.6) is 0 Å². The average molecular weight is 412 g/mol. The number of imide groups is 1. The number of thioether (sulfide) groups is 1. The Hall–Kier alpha value is -3.13. The van der Waals surface area contributed by atoms with Gasteiger partial charge in [0.05, 0.1) is 16.9 Å². The van der Waals surface area contributed by atoms with E-state index in [0.717, 1.165) is 22.2 Å². The Morgan fingerprint density at radius 2 is 1.62 bits per heavy atom. The van der Waals surface area contributed by atoms with Crippen LogP contribution in [-0.4, -0.2) is 46.3 Å². The van der Waals surface area contributed by atoms with Crippen molar-refractivity contribution in [2.24, 2.45) is 0 Å². The van der Waals surface area contributed by atoms with Gasteiger partial charge in [0.2, 0.25) is 5.91 Å². The zero-order valence-corrected chi connectivity index (χ0v) is 16.8. The van der Waals surface area contributed by atoms with Gasteiger partial charge in [0.15, 0.2) is 6.73 Å². The molecule has 1 aliphatic heterocycles. The quantitative estimate of drug-likeness (QED) is 0.555. The van der Waals surface area contributed by atoms with Crippen LogP contribution in [0.25, 0.3) is 0 Å². The molecule has 8 heteroatoms. The van der Waals surface area contributed by atoms with Crippen molar-refractivity contribution in [2.75, 3.05) is 17.8 Å². The van der Waals surface area contributed by atoms with Crippen molar-refractivity contribution >= 4 is 41.1 Å². The molecule has 29 heavy (non-hydrogen) atoms. The fourth-order valence-electron chi connectivity index (χ4n) is 2.70. The fourth-order valence-corrected chi connectivity index (χ4v) is 3.38. The monoisotopic (exact) mass is 412 g/mol. The van der Waals surface area contributed by atoms with E-state index in [1.807, 2.05) is 19.1 Å². The van der Waals surface area contributed by atoms with Crippen molar-refractivity contribution in [1.29, 1.82) is 0 Å². The van der Waals surface area contributed by atoms with Crippen LogP contribution in [0.15, 0.2) is 48.5 Å². The van der Waals surface area contributed by atoms with Crippen molar-refractivity contribution in [1.82, 2.24) is 4.90 Å². The first-order chi connectivity index (χ1) is 13.9. The Bertz CT molecular complexity index is 923. The van der Waals surface area contributed by atoms with Gasteiger partial charge < -0.3 is 10.1 Å². The minimum Gasteiger partial charge on any atom is -0.443 e. The summed E-state index contributed by atoms with van der Waals surface area (Å²) in [6.07, 6.45) is 0. The lowest BCUT2D eigenvalue weighted by Crippen LogP contribution is -2.34. The second kappa shape index (κ2) is 8.91. The van der Waals surface area contributed by atoms with Crippen molar-refractivity contribution < 1.29 is 23.9 Å². The highest BCUT2D eigenvalue weighted by atomic mass is 32.2. The number of nitrogens with zero attached hydrogens (tertiary/aromatic N) is 1. The van der Waals surface area contributed by atoms with E-state index in [0.29, 0.717) is 16.8 Å². The molecule has 0 aromatic heterocycles. The van der Waals surface area contributed by atoms with Gasteiger partial charge in [-0.05, 0) is 38.1 Å². The molecule has 1 N–H and O–H groups in total. The molecule has 3 rings (SSSR count). The summed E-state index contributed by atoms with van der Waals surface area (Å²) in [5, 5.41) is 2.12. The molecule has 0 unspecified atom stereocenters. The van der Waals surface area contributed by atoms with Crippen molar-refractivity contribution in [2.45, 2.75) is 19.1 Å². The summed E-state index contributed by atoms with van der Waals surface area (Å²) in [4.78, 5) is 49.6. The smallest absolute Gasteiger partial charge is 0.320 e. The zero-order chi connectivity index (χ0) is 21.0. The largest absolute Gasteiger partial charge is 0.443 e. The minimum atomic E-state index is -0.631. The van der Waals surface area contributed by atoms with Crippen molar-refractivity contribution in [3.8, 4) is 0 Å². The van der Waals surface area contributed by atoms with E-state index in [1.165, 1.54) is 0 Å². The second-order valence-electron chi connectivity index (χ2n) is 6.54. The average Bonchev–Trinajstić information content (AvgIpc) is 2.96. The standard InChI is InChI=1S/C21H20N2O5S/c1-13-7-9-15(10-8-13)22-18(24)11-29-14(2)21(27)28-12-23-19(25)16-5-3-4-6-17(16)20(23)26/h3-10,14H,11-12H2,1-2H3,(H,22,24)/t14-/m1/s1. The predicted molar refractivity (Wildman–Crippen MR) is 110 cm³/mol. The molecule has 0 spiro atoms. The SMILES string of the molecule is Cc1ccc(NC(=O)CS[C@H](C)C(=O)OCN2C(=O)c3ccccc3C2=O)cc1. The summed E-state index contributed by atoms with van der Waals surface area (Å²) < 4.78 is 5.12. The molecule has 150 valence electrons. The number of carbonyl (C=O) groups is 4. The zero-order valence-electron chi connectivity index (χ0n) is 16.0. The van der Waals surface area contributed by atoms with Gasteiger partial charge in [-0.3, -0.25) is 19.2 Å². The van der Waals surface area contributed by atoms with E-state index in [4.69, 9.17) is 4.74 Å². The Morgan fingerprint density at radius 1 is 1.03 bits per heavy atom. The second-order valence-corrected chi connectivity index (χ2v) is 7.87. The van der Waals surface area contributed by atoms with Gasteiger partial charge in [-0.15, -0.1) is 11.8 Å². The normalized spacial score (nSPS) is 13.8. The molecule has 3 amide bonds. The van der Waals surface area contributed by atoms with Crippen LogP contribution in [0, 0.1) is 6.92 Å². The van der Waals surface area contributed by atoms with E-state index >= 15 is 0 Å². The fraction of sp³-hybridized carbons (Fsp3) is 0.238. The Morgan fingerprint density at radius 3 is 2.21 bits per heavy atom. The molecule has 1 aliphatic rings. The number of esters is 1. The molecule has 7 nitrogen and oxygen atoms in total. The predicted octanol–water partition coefficient (Wildman–Crippen LogP) is 2.85.